The fraction of sp³-hybridized carbons (Fsp3) is 0.500. The Labute approximate surface area is 109 Å². The Balaban J connectivity index is 1.93. The van der Waals surface area contributed by atoms with Crippen LogP contribution in [0.2, 0.25) is 0 Å². The van der Waals surface area contributed by atoms with E-state index in [1.165, 1.54) is 25.7 Å². The van der Waals surface area contributed by atoms with E-state index >= 15 is 0 Å². The number of rotatable bonds is 5. The molecule has 1 aromatic carbocycles. The lowest BCUT2D eigenvalue weighted by Gasteiger charge is -2.41. The molecule has 3 N–H and O–H groups in total. The average molecular weight is 248 g/mol. The van der Waals surface area contributed by atoms with Crippen molar-refractivity contribution < 1.29 is 0 Å². The third kappa shape index (κ3) is 2.78. The van der Waals surface area contributed by atoms with E-state index in [1.54, 1.807) is 0 Å². The topological polar surface area (TPSA) is 38.0 Å². The standard InChI is InChI=1S/C14H20N2S/c1-2-14(8-3-9-14)10-16-12-6-4-11(5-7-12)13(15)17/h4-7,16H,2-3,8-10H2,1H3,(H2,15,17). The van der Waals surface area contributed by atoms with Gasteiger partial charge in [-0.15, -0.1) is 0 Å². The van der Waals surface area contributed by atoms with Crippen LogP contribution < -0.4 is 11.1 Å². The number of anilines is 1. The number of hydrogen-bond donors (Lipinski definition) is 2. The zero-order valence-electron chi connectivity index (χ0n) is 10.3. The van der Waals surface area contributed by atoms with E-state index in [2.05, 4.69) is 24.4 Å². The van der Waals surface area contributed by atoms with Gasteiger partial charge in [0.15, 0.2) is 0 Å². The summed E-state index contributed by atoms with van der Waals surface area (Å²) in [6.07, 6.45) is 5.38. The van der Waals surface area contributed by atoms with Crippen molar-refractivity contribution in [2.45, 2.75) is 32.6 Å². The minimum absolute atomic E-state index is 0.459. The van der Waals surface area contributed by atoms with Crippen molar-refractivity contribution >= 4 is 22.9 Å². The van der Waals surface area contributed by atoms with Crippen LogP contribution >= 0.6 is 12.2 Å². The number of nitrogens with one attached hydrogen (secondary N) is 1. The molecule has 2 rings (SSSR count). The first-order chi connectivity index (χ1) is 8.15. The number of thiocarbonyl (C=S) groups is 1. The van der Waals surface area contributed by atoms with Crippen LogP contribution in [0.4, 0.5) is 5.69 Å². The van der Waals surface area contributed by atoms with Gasteiger partial charge in [0.05, 0.1) is 0 Å². The zero-order chi connectivity index (χ0) is 12.3. The molecule has 3 heteroatoms. The van der Waals surface area contributed by atoms with Gasteiger partial charge in [-0.25, -0.2) is 0 Å². The molecule has 92 valence electrons. The molecule has 17 heavy (non-hydrogen) atoms. The second-order valence-electron chi connectivity index (χ2n) is 5.00. The highest BCUT2D eigenvalue weighted by molar-refractivity contribution is 7.80. The van der Waals surface area contributed by atoms with Gasteiger partial charge in [0.1, 0.15) is 4.99 Å². The first-order valence-electron chi connectivity index (χ1n) is 6.29. The first kappa shape index (κ1) is 12.4. The number of hydrogen-bond acceptors (Lipinski definition) is 2. The van der Waals surface area contributed by atoms with Crippen LogP contribution in [0, 0.1) is 5.41 Å². The monoisotopic (exact) mass is 248 g/mol. The average Bonchev–Trinajstić information content (AvgIpc) is 2.29. The van der Waals surface area contributed by atoms with Crippen molar-refractivity contribution in [1.29, 1.82) is 0 Å². The molecule has 0 spiro atoms. The van der Waals surface area contributed by atoms with E-state index in [-0.39, 0.29) is 0 Å². The van der Waals surface area contributed by atoms with Crippen molar-refractivity contribution in [3.05, 3.63) is 29.8 Å². The Kier molecular flexibility index (Phi) is 3.67. The Hall–Kier alpha value is -1.09. The Morgan fingerprint density at radius 3 is 2.41 bits per heavy atom. The molecule has 0 atom stereocenters. The molecular formula is C14H20N2S. The van der Waals surface area contributed by atoms with Gasteiger partial charge in [0.25, 0.3) is 0 Å². The smallest absolute Gasteiger partial charge is 0.103 e. The van der Waals surface area contributed by atoms with E-state index in [1.807, 2.05) is 12.1 Å². The van der Waals surface area contributed by atoms with Crippen molar-refractivity contribution in [2.24, 2.45) is 11.1 Å². The van der Waals surface area contributed by atoms with Crippen LogP contribution in [0.25, 0.3) is 0 Å². The maximum Gasteiger partial charge on any atom is 0.103 e. The highest BCUT2D eigenvalue weighted by Crippen LogP contribution is 2.43. The van der Waals surface area contributed by atoms with Crippen LogP contribution in [0.5, 0.6) is 0 Å². The summed E-state index contributed by atoms with van der Waals surface area (Å²) in [5, 5.41) is 3.52. The fourth-order valence-corrected chi connectivity index (χ4v) is 2.51. The predicted octanol–water partition coefficient (Wildman–Crippen LogP) is 3.31. The molecule has 1 fully saturated rings. The summed E-state index contributed by atoms with van der Waals surface area (Å²) in [6, 6.07) is 8.06. The fourth-order valence-electron chi connectivity index (χ4n) is 2.37. The second-order valence-corrected chi connectivity index (χ2v) is 5.44. The highest BCUT2D eigenvalue weighted by Gasteiger charge is 2.34. The second kappa shape index (κ2) is 5.05. The van der Waals surface area contributed by atoms with Crippen LogP contribution in [0.3, 0.4) is 0 Å². The van der Waals surface area contributed by atoms with Gasteiger partial charge in [-0.1, -0.05) is 25.6 Å². The molecule has 0 unspecified atom stereocenters. The molecule has 2 nitrogen and oxygen atoms in total. The summed E-state index contributed by atoms with van der Waals surface area (Å²) in [5.41, 5.74) is 8.20. The van der Waals surface area contributed by atoms with Crippen molar-refractivity contribution in [3.8, 4) is 0 Å². The minimum Gasteiger partial charge on any atom is -0.389 e. The lowest BCUT2D eigenvalue weighted by molar-refractivity contribution is 0.145. The van der Waals surface area contributed by atoms with Gasteiger partial charge < -0.3 is 11.1 Å². The molecule has 0 amide bonds. The summed E-state index contributed by atoms with van der Waals surface area (Å²) in [6.45, 7) is 3.37. The van der Waals surface area contributed by atoms with E-state index in [0.717, 1.165) is 17.8 Å². The predicted molar refractivity (Wildman–Crippen MR) is 77.4 cm³/mol. The molecule has 0 saturated heterocycles. The van der Waals surface area contributed by atoms with Gasteiger partial charge in [0, 0.05) is 17.8 Å². The van der Waals surface area contributed by atoms with Crippen molar-refractivity contribution in [1.82, 2.24) is 0 Å². The summed E-state index contributed by atoms with van der Waals surface area (Å²) in [5.74, 6) is 0. The number of nitrogens with two attached hydrogens (primary N) is 1. The van der Waals surface area contributed by atoms with Gasteiger partial charge in [-0.2, -0.15) is 0 Å². The lowest BCUT2D eigenvalue weighted by Crippen LogP contribution is -2.35. The zero-order valence-corrected chi connectivity index (χ0v) is 11.1. The van der Waals surface area contributed by atoms with Crippen LogP contribution in [-0.4, -0.2) is 11.5 Å². The molecule has 0 bridgehead atoms. The van der Waals surface area contributed by atoms with E-state index in [9.17, 15) is 0 Å². The van der Waals surface area contributed by atoms with Crippen LogP contribution in [-0.2, 0) is 0 Å². The molecule has 1 saturated carbocycles. The van der Waals surface area contributed by atoms with Gasteiger partial charge >= 0.3 is 0 Å². The Morgan fingerprint density at radius 2 is 2.00 bits per heavy atom. The summed E-state index contributed by atoms with van der Waals surface area (Å²) >= 11 is 4.93. The summed E-state index contributed by atoms with van der Waals surface area (Å²) in [4.78, 5) is 0.459. The van der Waals surface area contributed by atoms with Crippen LogP contribution in [0.1, 0.15) is 38.2 Å². The van der Waals surface area contributed by atoms with Crippen LogP contribution in [0.15, 0.2) is 24.3 Å². The molecule has 0 heterocycles. The molecule has 0 radical (unpaired) electrons. The minimum atomic E-state index is 0.459. The van der Waals surface area contributed by atoms with E-state index in [0.29, 0.717) is 10.4 Å². The molecule has 1 aromatic rings. The van der Waals surface area contributed by atoms with Gasteiger partial charge in [0.2, 0.25) is 0 Å². The maximum atomic E-state index is 5.57. The molecule has 0 aliphatic heterocycles. The Bertz CT molecular complexity index is 388. The van der Waals surface area contributed by atoms with E-state index < -0.39 is 0 Å². The van der Waals surface area contributed by atoms with Crippen molar-refractivity contribution in [2.75, 3.05) is 11.9 Å². The number of benzene rings is 1. The third-order valence-corrected chi connectivity index (χ3v) is 4.24. The highest BCUT2D eigenvalue weighted by atomic mass is 32.1. The SMILES string of the molecule is CCC1(CNc2ccc(C(N)=S)cc2)CCC1. The molecule has 0 aromatic heterocycles. The normalized spacial score (nSPS) is 17.2. The Morgan fingerprint density at radius 1 is 1.35 bits per heavy atom. The molecule has 1 aliphatic rings. The summed E-state index contributed by atoms with van der Waals surface area (Å²) < 4.78 is 0. The largest absolute Gasteiger partial charge is 0.389 e. The maximum absolute atomic E-state index is 5.57. The first-order valence-corrected chi connectivity index (χ1v) is 6.70. The van der Waals surface area contributed by atoms with Crippen molar-refractivity contribution in [3.63, 3.8) is 0 Å². The lowest BCUT2D eigenvalue weighted by atomic mass is 9.67. The van der Waals surface area contributed by atoms with Gasteiger partial charge in [-0.3, -0.25) is 0 Å². The van der Waals surface area contributed by atoms with Gasteiger partial charge in [-0.05, 0) is 48.9 Å². The quantitative estimate of drug-likeness (QED) is 0.785. The molecule has 1 aliphatic carbocycles. The van der Waals surface area contributed by atoms with E-state index in [4.69, 9.17) is 18.0 Å². The molecular weight excluding hydrogens is 228 g/mol. The third-order valence-electron chi connectivity index (χ3n) is 4.00. The summed E-state index contributed by atoms with van der Waals surface area (Å²) in [7, 11) is 0.